The van der Waals surface area contributed by atoms with Crippen LogP contribution in [0.1, 0.15) is 0 Å². The van der Waals surface area contributed by atoms with Gasteiger partial charge in [0.2, 0.25) is 0 Å². The van der Waals surface area contributed by atoms with Crippen molar-refractivity contribution >= 4 is 45.7 Å². The summed E-state index contributed by atoms with van der Waals surface area (Å²) in [5.74, 6) is 0.699. The first-order valence-corrected chi connectivity index (χ1v) is 5.25. The fraction of sp³-hybridized carbons (Fsp3) is 0.100. The largest absolute Gasteiger partial charge is 0.497 e. The zero-order valence-corrected chi connectivity index (χ0v) is 9.99. The molecule has 5 heteroatoms. The van der Waals surface area contributed by atoms with Crippen molar-refractivity contribution < 1.29 is 4.74 Å². The predicted octanol–water partition coefficient (Wildman–Crippen LogP) is 4.20. The lowest BCUT2D eigenvalue weighted by molar-refractivity contribution is 0.415. The van der Waals surface area contributed by atoms with Crippen molar-refractivity contribution in [2.75, 3.05) is 7.11 Å². The highest BCUT2D eigenvalue weighted by atomic mass is 35.5. The minimum atomic E-state index is 0.208. The number of halogens is 3. The van der Waals surface area contributed by atoms with Crippen LogP contribution in [0.4, 0.5) is 0 Å². The lowest BCUT2D eigenvalue weighted by Gasteiger charge is -2.06. The van der Waals surface area contributed by atoms with Crippen LogP contribution in [0, 0.1) is 0 Å². The minimum absolute atomic E-state index is 0.208. The summed E-state index contributed by atoms with van der Waals surface area (Å²) in [6.07, 6.45) is 0. The summed E-state index contributed by atoms with van der Waals surface area (Å²) >= 11 is 17.7. The fourth-order valence-electron chi connectivity index (χ4n) is 1.28. The topological polar surface area (TPSA) is 22.1 Å². The van der Waals surface area contributed by atoms with Gasteiger partial charge in [0.1, 0.15) is 10.9 Å². The summed E-state index contributed by atoms with van der Waals surface area (Å²) in [5, 5.41) is 1.59. The molecular formula is C10H6Cl3NO. The van der Waals surface area contributed by atoms with Crippen molar-refractivity contribution in [3.8, 4) is 5.75 Å². The van der Waals surface area contributed by atoms with Crippen LogP contribution in [0.2, 0.25) is 15.2 Å². The van der Waals surface area contributed by atoms with Crippen molar-refractivity contribution in [3.05, 3.63) is 33.4 Å². The molecule has 0 saturated carbocycles. The maximum atomic E-state index is 6.05. The van der Waals surface area contributed by atoms with Gasteiger partial charge in [0, 0.05) is 5.39 Å². The highest BCUT2D eigenvalue weighted by Gasteiger charge is 2.10. The molecule has 0 saturated heterocycles. The first-order valence-electron chi connectivity index (χ1n) is 4.11. The van der Waals surface area contributed by atoms with Gasteiger partial charge in [0.15, 0.2) is 0 Å². The van der Waals surface area contributed by atoms with Gasteiger partial charge in [-0.2, -0.15) is 0 Å². The number of rotatable bonds is 1. The van der Waals surface area contributed by atoms with Crippen molar-refractivity contribution in [2.24, 2.45) is 0 Å². The average molecular weight is 263 g/mol. The van der Waals surface area contributed by atoms with E-state index in [9.17, 15) is 0 Å². The number of methoxy groups -OCH3 is 1. The highest BCUT2D eigenvalue weighted by Crippen LogP contribution is 2.35. The van der Waals surface area contributed by atoms with E-state index in [1.54, 1.807) is 25.3 Å². The Bertz CT molecular complexity index is 528. The van der Waals surface area contributed by atoms with E-state index in [2.05, 4.69) is 4.98 Å². The molecule has 0 bridgehead atoms. The van der Waals surface area contributed by atoms with Crippen LogP contribution >= 0.6 is 34.8 Å². The lowest BCUT2D eigenvalue weighted by Crippen LogP contribution is -1.87. The quantitative estimate of drug-likeness (QED) is 0.719. The molecule has 0 atom stereocenters. The Kier molecular flexibility index (Phi) is 2.91. The number of benzene rings is 1. The molecule has 0 unspecified atom stereocenters. The summed E-state index contributed by atoms with van der Waals surface area (Å²) in [6, 6.07) is 5.34. The van der Waals surface area contributed by atoms with E-state index in [1.807, 2.05) is 0 Å². The molecule has 2 rings (SSSR count). The highest BCUT2D eigenvalue weighted by molar-refractivity contribution is 6.49. The van der Waals surface area contributed by atoms with Gasteiger partial charge in [-0.05, 0) is 18.2 Å². The first-order chi connectivity index (χ1) is 7.13. The van der Waals surface area contributed by atoms with Gasteiger partial charge in [-0.15, -0.1) is 0 Å². The zero-order valence-electron chi connectivity index (χ0n) is 7.72. The molecule has 1 aromatic heterocycles. The van der Waals surface area contributed by atoms with Crippen LogP contribution in [0.15, 0.2) is 18.2 Å². The van der Waals surface area contributed by atoms with E-state index < -0.39 is 0 Å². The monoisotopic (exact) mass is 261 g/mol. The van der Waals surface area contributed by atoms with Gasteiger partial charge in [-0.1, -0.05) is 34.8 Å². The van der Waals surface area contributed by atoms with Crippen LogP contribution in [0.3, 0.4) is 0 Å². The molecular weight excluding hydrogens is 256 g/mol. The Morgan fingerprint density at radius 1 is 1.13 bits per heavy atom. The van der Waals surface area contributed by atoms with Crippen LogP contribution in [0.5, 0.6) is 5.75 Å². The standard InChI is InChI=1S/C10H6Cl3NO/c1-15-5-2-3-7-6(4-5)8(11)9(12)10(13)14-7/h2-4H,1H3. The molecule has 1 aromatic carbocycles. The van der Waals surface area contributed by atoms with Crippen LogP contribution in [-0.4, -0.2) is 12.1 Å². The maximum absolute atomic E-state index is 6.05. The summed E-state index contributed by atoms with van der Waals surface area (Å²) in [5.41, 5.74) is 0.690. The molecule has 0 radical (unpaired) electrons. The number of pyridine rings is 1. The molecule has 1 heterocycles. The molecule has 2 aromatic rings. The third-order valence-electron chi connectivity index (χ3n) is 2.03. The van der Waals surface area contributed by atoms with E-state index in [4.69, 9.17) is 39.5 Å². The fourth-order valence-corrected chi connectivity index (χ4v) is 1.90. The molecule has 0 aliphatic heterocycles. The van der Waals surface area contributed by atoms with Gasteiger partial charge in [-0.25, -0.2) is 4.98 Å². The van der Waals surface area contributed by atoms with E-state index in [0.717, 1.165) is 5.39 Å². The maximum Gasteiger partial charge on any atom is 0.149 e. The second kappa shape index (κ2) is 4.05. The smallest absolute Gasteiger partial charge is 0.149 e. The summed E-state index contributed by atoms with van der Waals surface area (Å²) in [7, 11) is 1.58. The summed E-state index contributed by atoms with van der Waals surface area (Å²) < 4.78 is 5.08. The average Bonchev–Trinajstić information content (AvgIpc) is 2.26. The molecule has 0 aliphatic rings. The van der Waals surface area contributed by atoms with Gasteiger partial charge >= 0.3 is 0 Å². The molecule has 0 fully saturated rings. The Morgan fingerprint density at radius 3 is 2.53 bits per heavy atom. The molecule has 0 aliphatic carbocycles. The van der Waals surface area contributed by atoms with Gasteiger partial charge in [0.25, 0.3) is 0 Å². The van der Waals surface area contributed by atoms with Crippen molar-refractivity contribution in [1.29, 1.82) is 0 Å². The Hall–Kier alpha value is -0.700. The second-order valence-electron chi connectivity index (χ2n) is 2.91. The van der Waals surface area contributed by atoms with Crippen molar-refractivity contribution in [2.45, 2.75) is 0 Å². The Balaban J connectivity index is 2.81. The van der Waals surface area contributed by atoms with Crippen LogP contribution in [-0.2, 0) is 0 Å². The van der Waals surface area contributed by atoms with Gasteiger partial charge in [-0.3, -0.25) is 0 Å². The number of fused-ring (bicyclic) bond motifs is 1. The van der Waals surface area contributed by atoms with Gasteiger partial charge in [0.05, 0.1) is 22.7 Å². The normalized spacial score (nSPS) is 10.7. The molecule has 0 N–H and O–H groups in total. The summed E-state index contributed by atoms with van der Waals surface area (Å²) in [4.78, 5) is 4.10. The van der Waals surface area contributed by atoms with Crippen LogP contribution in [0.25, 0.3) is 10.9 Å². The number of aromatic nitrogens is 1. The Labute approximate surface area is 102 Å². The summed E-state index contributed by atoms with van der Waals surface area (Å²) in [6.45, 7) is 0. The molecule has 78 valence electrons. The second-order valence-corrected chi connectivity index (χ2v) is 4.03. The predicted molar refractivity (Wildman–Crippen MR) is 63.3 cm³/mol. The first kappa shape index (κ1) is 10.8. The molecule has 2 nitrogen and oxygen atoms in total. The third-order valence-corrected chi connectivity index (χ3v) is 3.26. The van der Waals surface area contributed by atoms with Crippen molar-refractivity contribution in [1.82, 2.24) is 4.98 Å². The van der Waals surface area contributed by atoms with Gasteiger partial charge < -0.3 is 4.74 Å². The van der Waals surface area contributed by atoms with E-state index in [-0.39, 0.29) is 10.2 Å². The number of ether oxygens (including phenoxy) is 1. The minimum Gasteiger partial charge on any atom is -0.497 e. The molecule has 0 amide bonds. The SMILES string of the molecule is COc1ccc2nc(Cl)c(Cl)c(Cl)c2c1. The van der Waals surface area contributed by atoms with E-state index >= 15 is 0 Å². The zero-order chi connectivity index (χ0) is 11.0. The van der Waals surface area contributed by atoms with E-state index in [1.165, 1.54) is 0 Å². The number of nitrogens with zero attached hydrogens (tertiary/aromatic N) is 1. The van der Waals surface area contributed by atoms with Crippen molar-refractivity contribution in [3.63, 3.8) is 0 Å². The van der Waals surface area contributed by atoms with E-state index in [0.29, 0.717) is 16.3 Å². The number of hydrogen-bond donors (Lipinski definition) is 0. The lowest BCUT2D eigenvalue weighted by atomic mass is 10.2. The molecule has 0 spiro atoms. The Morgan fingerprint density at radius 2 is 1.87 bits per heavy atom. The van der Waals surface area contributed by atoms with Crippen LogP contribution < -0.4 is 4.74 Å². The molecule has 15 heavy (non-hydrogen) atoms. The number of hydrogen-bond acceptors (Lipinski definition) is 2. The third kappa shape index (κ3) is 1.85.